The Morgan fingerprint density at radius 3 is 2.79 bits per heavy atom. The van der Waals surface area contributed by atoms with Gasteiger partial charge in [0.2, 0.25) is 0 Å². The van der Waals surface area contributed by atoms with Gasteiger partial charge in [-0.2, -0.15) is 0 Å². The Balaban J connectivity index is 2.10. The highest BCUT2D eigenvalue weighted by Gasteiger charge is 2.00. The molecule has 2 rings (SSSR count). The minimum absolute atomic E-state index is 0.0160. The third kappa shape index (κ3) is 3.61. The van der Waals surface area contributed by atoms with Gasteiger partial charge in [0.1, 0.15) is 0 Å². The van der Waals surface area contributed by atoms with E-state index in [4.69, 9.17) is 11.6 Å². The van der Waals surface area contributed by atoms with Gasteiger partial charge in [0.25, 0.3) is 5.56 Å². The number of hydrogen-bond acceptors (Lipinski definition) is 2. The second-order valence-electron chi connectivity index (χ2n) is 4.14. The summed E-state index contributed by atoms with van der Waals surface area (Å²) < 4.78 is 2.55. The van der Waals surface area contributed by atoms with Crippen molar-refractivity contribution in [2.24, 2.45) is 0 Å². The lowest BCUT2D eigenvalue weighted by Gasteiger charge is -2.09. The Bertz CT molecular complexity index is 640. The third-order valence-corrected chi connectivity index (χ3v) is 4.02. The minimum Gasteiger partial charge on any atom is -0.380 e. The highest BCUT2D eigenvalue weighted by molar-refractivity contribution is 9.10. The van der Waals surface area contributed by atoms with Crippen LogP contribution in [0.5, 0.6) is 0 Å². The van der Waals surface area contributed by atoms with Gasteiger partial charge >= 0.3 is 0 Å². The molecule has 0 radical (unpaired) electrons. The van der Waals surface area contributed by atoms with E-state index in [1.54, 1.807) is 16.7 Å². The van der Waals surface area contributed by atoms with Crippen molar-refractivity contribution in [1.82, 2.24) is 4.57 Å². The fourth-order valence-electron chi connectivity index (χ4n) is 1.74. The maximum Gasteiger partial charge on any atom is 0.250 e. The smallest absolute Gasteiger partial charge is 0.250 e. The van der Waals surface area contributed by atoms with Crippen molar-refractivity contribution < 1.29 is 0 Å². The molecule has 0 atom stereocenters. The fourth-order valence-corrected chi connectivity index (χ4v) is 2.28. The number of nitrogens with one attached hydrogen (secondary N) is 1. The number of halogens is 2. The lowest BCUT2D eigenvalue weighted by molar-refractivity contribution is 0.727. The number of aryl methyl sites for hydroxylation is 1. The molecule has 0 bridgehead atoms. The van der Waals surface area contributed by atoms with Crippen LogP contribution in [0.1, 0.15) is 12.5 Å². The first-order chi connectivity index (χ1) is 9.10. The zero-order valence-corrected chi connectivity index (χ0v) is 12.8. The molecule has 0 saturated carbocycles. The van der Waals surface area contributed by atoms with Crippen LogP contribution in [0.2, 0.25) is 5.02 Å². The van der Waals surface area contributed by atoms with Crippen LogP contribution in [0, 0.1) is 0 Å². The average molecular weight is 342 g/mol. The van der Waals surface area contributed by atoms with Crippen molar-refractivity contribution in [3.8, 4) is 0 Å². The van der Waals surface area contributed by atoms with Crippen molar-refractivity contribution in [3.63, 3.8) is 0 Å². The molecule has 5 heteroatoms. The molecule has 0 unspecified atom stereocenters. The Labute approximate surface area is 125 Å². The molecular weight excluding hydrogens is 328 g/mol. The summed E-state index contributed by atoms with van der Waals surface area (Å²) in [6.45, 7) is 3.29. The zero-order valence-electron chi connectivity index (χ0n) is 10.5. The van der Waals surface area contributed by atoms with Gasteiger partial charge in [-0.25, -0.2) is 0 Å². The van der Waals surface area contributed by atoms with E-state index >= 15 is 0 Å². The average Bonchev–Trinajstić information content (AvgIpc) is 2.41. The van der Waals surface area contributed by atoms with E-state index in [1.165, 1.54) is 0 Å². The Kier molecular flexibility index (Phi) is 4.66. The summed E-state index contributed by atoms with van der Waals surface area (Å²) in [6, 6.07) is 9.17. The molecule has 0 spiro atoms. The van der Waals surface area contributed by atoms with Gasteiger partial charge in [0.05, 0.1) is 10.7 Å². The van der Waals surface area contributed by atoms with Gasteiger partial charge < -0.3 is 9.88 Å². The van der Waals surface area contributed by atoms with Crippen molar-refractivity contribution in [2.75, 3.05) is 5.32 Å². The maximum absolute atomic E-state index is 11.5. The molecule has 2 aromatic rings. The first-order valence-electron chi connectivity index (χ1n) is 5.98. The summed E-state index contributed by atoms with van der Waals surface area (Å²) in [5.41, 5.74) is 2.06. The monoisotopic (exact) mass is 340 g/mol. The minimum atomic E-state index is 0.0160. The Morgan fingerprint density at radius 2 is 2.11 bits per heavy atom. The number of benzene rings is 1. The molecular formula is C14H14BrClN2O. The van der Waals surface area contributed by atoms with E-state index in [9.17, 15) is 4.79 Å². The summed E-state index contributed by atoms with van der Waals surface area (Å²) in [5, 5.41) is 3.98. The quantitative estimate of drug-likeness (QED) is 0.915. The molecule has 0 fully saturated rings. The molecule has 1 aromatic heterocycles. The van der Waals surface area contributed by atoms with Crippen molar-refractivity contribution in [2.45, 2.75) is 20.0 Å². The fraction of sp³-hybridized carbons (Fsp3) is 0.214. The Hall–Kier alpha value is -1.26. The van der Waals surface area contributed by atoms with Crippen molar-refractivity contribution in [1.29, 1.82) is 0 Å². The first kappa shape index (κ1) is 14.2. The van der Waals surface area contributed by atoms with Gasteiger partial charge in [-0.15, -0.1) is 0 Å². The van der Waals surface area contributed by atoms with Gasteiger partial charge in [-0.1, -0.05) is 17.7 Å². The van der Waals surface area contributed by atoms with Gasteiger partial charge in [-0.05, 0) is 46.6 Å². The van der Waals surface area contributed by atoms with Gasteiger partial charge in [0, 0.05) is 29.8 Å². The molecule has 19 heavy (non-hydrogen) atoms. The van der Waals surface area contributed by atoms with E-state index < -0.39 is 0 Å². The summed E-state index contributed by atoms with van der Waals surface area (Å²) in [5.74, 6) is 0. The Morgan fingerprint density at radius 1 is 1.32 bits per heavy atom. The third-order valence-electron chi connectivity index (χ3n) is 2.80. The zero-order chi connectivity index (χ0) is 13.8. The summed E-state index contributed by atoms with van der Waals surface area (Å²) in [4.78, 5) is 11.5. The van der Waals surface area contributed by atoms with Crippen LogP contribution in [-0.2, 0) is 13.1 Å². The lowest BCUT2D eigenvalue weighted by Crippen LogP contribution is -2.17. The van der Waals surface area contributed by atoms with E-state index in [1.807, 2.05) is 31.3 Å². The molecule has 0 aliphatic carbocycles. The molecule has 100 valence electrons. The number of pyridine rings is 1. The topological polar surface area (TPSA) is 34.0 Å². The van der Waals surface area contributed by atoms with Crippen LogP contribution < -0.4 is 10.9 Å². The van der Waals surface area contributed by atoms with Crippen molar-refractivity contribution in [3.05, 3.63) is 61.9 Å². The van der Waals surface area contributed by atoms with Crippen LogP contribution in [-0.4, -0.2) is 4.57 Å². The second kappa shape index (κ2) is 6.26. The van der Waals surface area contributed by atoms with Crippen LogP contribution in [0.3, 0.4) is 0 Å². The summed E-state index contributed by atoms with van der Waals surface area (Å²) in [7, 11) is 0. The molecule has 1 N–H and O–H groups in total. The second-order valence-corrected chi connectivity index (χ2v) is 5.41. The van der Waals surface area contributed by atoms with E-state index in [0.29, 0.717) is 18.1 Å². The molecule has 0 amide bonds. The largest absolute Gasteiger partial charge is 0.380 e. The van der Waals surface area contributed by atoms with E-state index in [0.717, 1.165) is 15.7 Å². The van der Waals surface area contributed by atoms with Crippen LogP contribution in [0.25, 0.3) is 0 Å². The van der Waals surface area contributed by atoms with Gasteiger partial charge in [-0.3, -0.25) is 4.79 Å². The summed E-state index contributed by atoms with van der Waals surface area (Å²) in [6.07, 6.45) is 1.83. The lowest BCUT2D eigenvalue weighted by atomic mass is 10.2. The number of hydrogen-bond donors (Lipinski definition) is 1. The normalized spacial score (nSPS) is 10.5. The summed E-state index contributed by atoms with van der Waals surface area (Å²) >= 11 is 9.35. The number of rotatable bonds is 4. The molecule has 0 saturated heterocycles. The number of anilines is 1. The maximum atomic E-state index is 11.5. The molecule has 1 aromatic carbocycles. The SMILES string of the molecule is CCn1cc(NCc2ccc(Cl)c(Br)c2)ccc1=O. The van der Waals surface area contributed by atoms with Crippen LogP contribution in [0.15, 0.2) is 45.8 Å². The van der Waals surface area contributed by atoms with Crippen LogP contribution >= 0.6 is 27.5 Å². The highest BCUT2D eigenvalue weighted by Crippen LogP contribution is 2.23. The standard InChI is InChI=1S/C14H14BrClN2O/c1-2-18-9-11(4-6-14(18)19)17-8-10-3-5-13(16)12(15)7-10/h3-7,9,17H,2,8H2,1H3. The van der Waals surface area contributed by atoms with Crippen molar-refractivity contribution >= 4 is 33.2 Å². The first-order valence-corrected chi connectivity index (χ1v) is 7.15. The molecule has 3 nitrogen and oxygen atoms in total. The molecule has 1 heterocycles. The van der Waals surface area contributed by atoms with E-state index in [2.05, 4.69) is 21.2 Å². The van der Waals surface area contributed by atoms with Crippen LogP contribution in [0.4, 0.5) is 5.69 Å². The molecule has 0 aliphatic rings. The predicted octanol–water partition coefficient (Wildman–Crippen LogP) is 3.90. The molecule has 0 aliphatic heterocycles. The predicted molar refractivity (Wildman–Crippen MR) is 82.9 cm³/mol. The number of aromatic nitrogens is 1. The van der Waals surface area contributed by atoms with E-state index in [-0.39, 0.29) is 5.56 Å². The highest BCUT2D eigenvalue weighted by atomic mass is 79.9. The number of nitrogens with zero attached hydrogens (tertiary/aromatic N) is 1. The van der Waals surface area contributed by atoms with Gasteiger partial charge in [0.15, 0.2) is 0 Å².